The molecular weight excluding hydrogens is 693 g/mol. The standard InChI is InChI=1S/C54H36N2O/c1-2-17-39(18-3-1)55(40-34-32-37(33-35-40)43-26-15-27-49-48-25-9-13-31-53(48)57-54(43)49)41-19-14-16-38(36-41)42-20-4-5-21-44(42)45-22-6-10-28-50(45)56-51-29-11-7-23-46(51)47-24-8-12-30-52(47)56/h1-36H. The van der Waals surface area contributed by atoms with Crippen molar-refractivity contribution in [1.82, 2.24) is 4.57 Å². The Morgan fingerprint density at radius 1 is 0.333 bits per heavy atom. The van der Waals surface area contributed by atoms with Crippen LogP contribution in [0.1, 0.15) is 0 Å². The molecule has 0 aliphatic carbocycles. The van der Waals surface area contributed by atoms with Gasteiger partial charge >= 0.3 is 0 Å². The van der Waals surface area contributed by atoms with Crippen molar-refractivity contribution >= 4 is 60.8 Å². The van der Waals surface area contributed by atoms with Crippen LogP contribution < -0.4 is 4.90 Å². The van der Waals surface area contributed by atoms with E-state index in [-0.39, 0.29) is 0 Å². The normalized spacial score (nSPS) is 11.5. The minimum Gasteiger partial charge on any atom is -0.455 e. The predicted molar refractivity (Wildman–Crippen MR) is 239 cm³/mol. The molecule has 0 amide bonds. The molecule has 3 nitrogen and oxygen atoms in total. The van der Waals surface area contributed by atoms with E-state index in [4.69, 9.17) is 4.42 Å². The predicted octanol–water partition coefficient (Wildman–Crippen LogP) is 15.2. The zero-order chi connectivity index (χ0) is 37.7. The van der Waals surface area contributed by atoms with Gasteiger partial charge < -0.3 is 13.9 Å². The van der Waals surface area contributed by atoms with Gasteiger partial charge in [-0.25, -0.2) is 0 Å². The van der Waals surface area contributed by atoms with Crippen LogP contribution in [-0.2, 0) is 0 Å². The van der Waals surface area contributed by atoms with Crippen LogP contribution in [0, 0.1) is 0 Å². The summed E-state index contributed by atoms with van der Waals surface area (Å²) in [6, 6.07) is 78.1. The van der Waals surface area contributed by atoms with Gasteiger partial charge in [0.2, 0.25) is 0 Å². The lowest BCUT2D eigenvalue weighted by molar-refractivity contribution is 0.670. The number of aromatic nitrogens is 1. The minimum atomic E-state index is 0.906. The van der Waals surface area contributed by atoms with Crippen LogP contribution in [-0.4, -0.2) is 4.57 Å². The monoisotopic (exact) mass is 728 g/mol. The van der Waals surface area contributed by atoms with E-state index in [1.807, 2.05) is 12.1 Å². The summed E-state index contributed by atoms with van der Waals surface area (Å²) in [6.07, 6.45) is 0. The van der Waals surface area contributed by atoms with Gasteiger partial charge in [-0.2, -0.15) is 0 Å². The maximum atomic E-state index is 6.41. The fourth-order valence-corrected chi connectivity index (χ4v) is 8.65. The third kappa shape index (κ3) is 5.51. The second kappa shape index (κ2) is 13.6. The molecule has 268 valence electrons. The summed E-state index contributed by atoms with van der Waals surface area (Å²) in [6.45, 7) is 0. The molecule has 0 bridgehead atoms. The number of benzene rings is 9. The highest BCUT2D eigenvalue weighted by molar-refractivity contribution is 6.11. The summed E-state index contributed by atoms with van der Waals surface area (Å²) in [5.74, 6) is 0. The van der Waals surface area contributed by atoms with Crippen molar-refractivity contribution in [3.8, 4) is 39.1 Å². The van der Waals surface area contributed by atoms with Crippen LogP contribution in [0.3, 0.4) is 0 Å². The molecule has 2 aromatic heterocycles. The smallest absolute Gasteiger partial charge is 0.143 e. The van der Waals surface area contributed by atoms with E-state index in [9.17, 15) is 0 Å². The summed E-state index contributed by atoms with van der Waals surface area (Å²) in [5.41, 5.74) is 15.5. The van der Waals surface area contributed by atoms with Crippen LogP contribution in [0.2, 0.25) is 0 Å². The zero-order valence-electron chi connectivity index (χ0n) is 31.1. The molecule has 0 unspecified atom stereocenters. The minimum absolute atomic E-state index is 0.906. The van der Waals surface area contributed by atoms with Gasteiger partial charge in [-0.1, -0.05) is 158 Å². The van der Waals surface area contributed by atoms with E-state index in [0.29, 0.717) is 0 Å². The third-order valence-electron chi connectivity index (χ3n) is 11.2. The van der Waals surface area contributed by atoms with E-state index < -0.39 is 0 Å². The van der Waals surface area contributed by atoms with Crippen LogP contribution in [0.15, 0.2) is 223 Å². The molecule has 11 aromatic rings. The molecule has 3 heteroatoms. The first-order valence-electron chi connectivity index (χ1n) is 19.4. The van der Waals surface area contributed by atoms with Gasteiger partial charge in [0.15, 0.2) is 0 Å². The lowest BCUT2D eigenvalue weighted by Crippen LogP contribution is -2.09. The second-order valence-electron chi connectivity index (χ2n) is 14.5. The van der Waals surface area contributed by atoms with Gasteiger partial charge in [0.1, 0.15) is 11.2 Å². The van der Waals surface area contributed by atoms with E-state index in [0.717, 1.165) is 61.4 Å². The molecule has 11 rings (SSSR count). The van der Waals surface area contributed by atoms with Crippen molar-refractivity contribution in [3.63, 3.8) is 0 Å². The Morgan fingerprint density at radius 2 is 0.877 bits per heavy atom. The molecule has 0 aliphatic heterocycles. The molecule has 57 heavy (non-hydrogen) atoms. The highest BCUT2D eigenvalue weighted by Crippen LogP contribution is 2.43. The molecule has 0 fully saturated rings. The molecule has 2 heterocycles. The number of hydrogen-bond acceptors (Lipinski definition) is 2. The first kappa shape index (κ1) is 32.8. The summed E-state index contributed by atoms with van der Waals surface area (Å²) in [4.78, 5) is 2.34. The van der Waals surface area contributed by atoms with E-state index in [2.05, 4.69) is 216 Å². The van der Waals surface area contributed by atoms with Crippen LogP contribution in [0.5, 0.6) is 0 Å². The van der Waals surface area contributed by atoms with Crippen molar-refractivity contribution in [2.24, 2.45) is 0 Å². The Labute approximate surface area is 330 Å². The number of furan rings is 1. The Balaban J connectivity index is 1.02. The first-order chi connectivity index (χ1) is 28.3. The molecule has 0 spiro atoms. The number of nitrogens with zero attached hydrogens (tertiary/aromatic N) is 2. The number of rotatable bonds is 7. The summed E-state index contributed by atoms with van der Waals surface area (Å²) in [5, 5.41) is 4.78. The van der Waals surface area contributed by atoms with Crippen molar-refractivity contribution in [3.05, 3.63) is 218 Å². The Morgan fingerprint density at radius 3 is 1.65 bits per heavy atom. The molecule has 0 aliphatic rings. The van der Waals surface area contributed by atoms with Gasteiger partial charge in [-0.05, 0) is 82.9 Å². The lowest BCUT2D eigenvalue weighted by Gasteiger charge is -2.26. The van der Waals surface area contributed by atoms with Crippen molar-refractivity contribution in [1.29, 1.82) is 0 Å². The lowest BCUT2D eigenvalue weighted by atomic mass is 9.93. The van der Waals surface area contributed by atoms with Crippen LogP contribution in [0.4, 0.5) is 17.1 Å². The van der Waals surface area contributed by atoms with Gasteiger partial charge in [0, 0.05) is 49.7 Å². The largest absolute Gasteiger partial charge is 0.455 e. The van der Waals surface area contributed by atoms with Crippen LogP contribution in [0.25, 0.3) is 82.8 Å². The Hall–Kier alpha value is -7.62. The average Bonchev–Trinajstić information content (AvgIpc) is 3.83. The highest BCUT2D eigenvalue weighted by atomic mass is 16.3. The molecule has 0 saturated carbocycles. The summed E-state index contributed by atoms with van der Waals surface area (Å²) < 4.78 is 8.82. The third-order valence-corrected chi connectivity index (χ3v) is 11.2. The summed E-state index contributed by atoms with van der Waals surface area (Å²) in [7, 11) is 0. The first-order valence-corrected chi connectivity index (χ1v) is 19.4. The molecule has 0 radical (unpaired) electrons. The van der Waals surface area contributed by atoms with Gasteiger partial charge in [0.05, 0.1) is 16.7 Å². The number of anilines is 3. The van der Waals surface area contributed by atoms with Crippen LogP contribution >= 0.6 is 0 Å². The quantitative estimate of drug-likeness (QED) is 0.163. The van der Waals surface area contributed by atoms with Crippen molar-refractivity contribution in [2.45, 2.75) is 0 Å². The van der Waals surface area contributed by atoms with E-state index in [1.54, 1.807) is 0 Å². The molecule has 9 aromatic carbocycles. The maximum Gasteiger partial charge on any atom is 0.143 e. The number of fused-ring (bicyclic) bond motifs is 6. The highest BCUT2D eigenvalue weighted by Gasteiger charge is 2.19. The van der Waals surface area contributed by atoms with Gasteiger partial charge in [-0.15, -0.1) is 0 Å². The zero-order valence-corrected chi connectivity index (χ0v) is 31.1. The van der Waals surface area contributed by atoms with Crippen molar-refractivity contribution in [2.75, 3.05) is 4.90 Å². The molecule has 0 N–H and O–H groups in total. The topological polar surface area (TPSA) is 21.3 Å². The average molecular weight is 729 g/mol. The maximum absolute atomic E-state index is 6.41. The molecule has 0 atom stereocenters. The van der Waals surface area contributed by atoms with E-state index in [1.165, 1.54) is 38.5 Å². The van der Waals surface area contributed by atoms with Gasteiger partial charge in [-0.3, -0.25) is 0 Å². The van der Waals surface area contributed by atoms with E-state index >= 15 is 0 Å². The number of para-hydroxylation sites is 6. The number of hydrogen-bond donors (Lipinski definition) is 0. The Bertz CT molecular complexity index is 3190. The fourth-order valence-electron chi connectivity index (χ4n) is 8.65. The molecular formula is C54H36N2O. The van der Waals surface area contributed by atoms with Gasteiger partial charge in [0.25, 0.3) is 0 Å². The van der Waals surface area contributed by atoms with Crippen molar-refractivity contribution < 1.29 is 4.42 Å². The SMILES string of the molecule is c1ccc(N(c2ccc(-c3cccc4c3oc3ccccc34)cc2)c2cccc(-c3ccccc3-c3ccccc3-n3c4ccccc4c4ccccc43)c2)cc1. The Kier molecular flexibility index (Phi) is 7.82. The fraction of sp³-hybridized carbons (Fsp3) is 0. The summed E-state index contributed by atoms with van der Waals surface area (Å²) >= 11 is 0. The molecule has 0 saturated heterocycles. The second-order valence-corrected chi connectivity index (χ2v) is 14.5.